The summed E-state index contributed by atoms with van der Waals surface area (Å²) >= 11 is 0. The van der Waals surface area contributed by atoms with Crippen LogP contribution in [0.3, 0.4) is 0 Å². The van der Waals surface area contributed by atoms with E-state index in [9.17, 15) is 9.59 Å². The molecule has 2 N–H and O–H groups in total. The van der Waals surface area contributed by atoms with Gasteiger partial charge in [0.2, 0.25) is 11.8 Å². The van der Waals surface area contributed by atoms with Crippen LogP contribution >= 0.6 is 0 Å². The van der Waals surface area contributed by atoms with Gasteiger partial charge in [-0.05, 0) is 13.3 Å². The molecule has 1 rings (SSSR count). The second-order valence-electron chi connectivity index (χ2n) is 3.02. The average Bonchev–Trinajstić information content (AvgIpc) is 2.09. The lowest BCUT2D eigenvalue weighted by Crippen LogP contribution is -2.52. The van der Waals surface area contributed by atoms with Gasteiger partial charge >= 0.3 is 0 Å². The van der Waals surface area contributed by atoms with Crippen LogP contribution in [0.5, 0.6) is 0 Å². The molecule has 1 aliphatic heterocycles. The highest BCUT2D eigenvalue weighted by Gasteiger charge is 2.26. The normalized spacial score (nSPS) is 24.8. The molecule has 0 aliphatic carbocycles. The molecule has 5 heteroatoms. The molecule has 0 aromatic heterocycles. The summed E-state index contributed by atoms with van der Waals surface area (Å²) in [5.74, 6) is -0.578. The molecular weight excluding hydrogens is 170 g/mol. The first-order valence-electron chi connectivity index (χ1n) is 4.13. The molecule has 1 fully saturated rings. The molecule has 1 heterocycles. The number of nitrogens with one attached hydrogen (secondary N) is 2. The lowest BCUT2D eigenvalue weighted by molar-refractivity contribution is -0.134. The zero-order valence-electron chi connectivity index (χ0n) is 7.33. The predicted molar refractivity (Wildman–Crippen MR) is 44.4 cm³/mol. The topological polar surface area (TPSA) is 82.0 Å². The molecule has 0 spiro atoms. The van der Waals surface area contributed by atoms with E-state index in [4.69, 9.17) is 5.26 Å². The van der Waals surface area contributed by atoms with Gasteiger partial charge in [0, 0.05) is 6.42 Å². The summed E-state index contributed by atoms with van der Waals surface area (Å²) in [4.78, 5) is 21.9. The number of imide groups is 1. The smallest absolute Gasteiger partial charge is 0.243 e. The summed E-state index contributed by atoms with van der Waals surface area (Å²) in [6, 6.07) is 1.19. The van der Waals surface area contributed by atoms with Crippen molar-refractivity contribution in [2.75, 3.05) is 0 Å². The fourth-order valence-electron chi connectivity index (χ4n) is 1.19. The van der Waals surface area contributed by atoms with E-state index in [-0.39, 0.29) is 17.9 Å². The molecule has 0 radical (unpaired) electrons. The summed E-state index contributed by atoms with van der Waals surface area (Å²) in [6.07, 6.45) is 0.804. The quantitative estimate of drug-likeness (QED) is 0.551. The maximum absolute atomic E-state index is 11.2. The van der Waals surface area contributed by atoms with Gasteiger partial charge in [0.05, 0.1) is 18.2 Å². The van der Waals surface area contributed by atoms with Crippen molar-refractivity contribution < 1.29 is 9.59 Å². The number of rotatable bonds is 2. The molecule has 2 unspecified atom stereocenters. The fourth-order valence-corrected chi connectivity index (χ4v) is 1.19. The third kappa shape index (κ3) is 2.53. The van der Waals surface area contributed by atoms with Crippen LogP contribution in [-0.2, 0) is 9.59 Å². The highest BCUT2D eigenvalue weighted by molar-refractivity contribution is 6.00. The number of nitriles is 1. The van der Waals surface area contributed by atoms with Gasteiger partial charge in [0.1, 0.15) is 0 Å². The van der Waals surface area contributed by atoms with Crippen LogP contribution < -0.4 is 10.6 Å². The van der Waals surface area contributed by atoms with Crippen LogP contribution in [0.1, 0.15) is 19.8 Å². The third-order valence-corrected chi connectivity index (χ3v) is 1.88. The zero-order valence-corrected chi connectivity index (χ0v) is 7.33. The van der Waals surface area contributed by atoms with Crippen LogP contribution in [-0.4, -0.2) is 23.9 Å². The van der Waals surface area contributed by atoms with Crippen molar-refractivity contribution in [1.29, 1.82) is 5.26 Å². The molecule has 0 aromatic rings. The number of carbonyl (C=O) groups excluding carboxylic acids is 2. The van der Waals surface area contributed by atoms with E-state index in [0.717, 1.165) is 0 Å². The second kappa shape index (κ2) is 4.01. The van der Waals surface area contributed by atoms with Gasteiger partial charge in [0.15, 0.2) is 0 Å². The van der Waals surface area contributed by atoms with Gasteiger partial charge in [-0.15, -0.1) is 0 Å². The summed E-state index contributed by atoms with van der Waals surface area (Å²) < 4.78 is 0. The maximum atomic E-state index is 11.2. The van der Waals surface area contributed by atoms with Gasteiger partial charge in [-0.25, -0.2) is 0 Å². The van der Waals surface area contributed by atoms with Crippen LogP contribution in [0.25, 0.3) is 0 Å². The van der Waals surface area contributed by atoms with Crippen molar-refractivity contribution in [3.63, 3.8) is 0 Å². The number of hydrogen-bond donors (Lipinski definition) is 2. The van der Waals surface area contributed by atoms with Gasteiger partial charge in [-0.3, -0.25) is 20.2 Å². The predicted octanol–water partition coefficient (Wildman–Crippen LogP) is -0.707. The highest BCUT2D eigenvalue weighted by atomic mass is 16.2. The minimum atomic E-state index is -0.410. The Morgan fingerprint density at radius 2 is 2.38 bits per heavy atom. The molecule has 0 saturated carbocycles. The molecule has 2 amide bonds. The van der Waals surface area contributed by atoms with Crippen molar-refractivity contribution in [2.45, 2.75) is 31.8 Å². The van der Waals surface area contributed by atoms with E-state index in [0.29, 0.717) is 12.8 Å². The molecular formula is C8H11N3O2. The molecule has 70 valence electrons. The summed E-state index contributed by atoms with van der Waals surface area (Å²) in [6.45, 7) is 1.67. The van der Waals surface area contributed by atoms with Crippen molar-refractivity contribution >= 4 is 11.8 Å². The summed E-state index contributed by atoms with van der Waals surface area (Å²) in [5.41, 5.74) is 0. The Hall–Kier alpha value is -1.41. The number of amides is 2. The Balaban J connectivity index is 2.48. The van der Waals surface area contributed by atoms with E-state index in [1.165, 1.54) is 0 Å². The maximum Gasteiger partial charge on any atom is 0.243 e. The van der Waals surface area contributed by atoms with E-state index >= 15 is 0 Å². The molecule has 5 nitrogen and oxygen atoms in total. The number of piperidine rings is 1. The Morgan fingerprint density at radius 1 is 1.69 bits per heavy atom. The minimum absolute atomic E-state index is 0.243. The van der Waals surface area contributed by atoms with Gasteiger partial charge in [-0.2, -0.15) is 5.26 Å². The lowest BCUT2D eigenvalue weighted by atomic mass is 10.1. The third-order valence-electron chi connectivity index (χ3n) is 1.88. The van der Waals surface area contributed by atoms with Gasteiger partial charge in [0.25, 0.3) is 0 Å². The van der Waals surface area contributed by atoms with Crippen LogP contribution in [0.2, 0.25) is 0 Å². The number of nitrogens with zero attached hydrogens (tertiary/aromatic N) is 1. The average molecular weight is 181 g/mol. The Morgan fingerprint density at radius 3 is 2.92 bits per heavy atom. The number of hydrogen-bond acceptors (Lipinski definition) is 4. The zero-order chi connectivity index (χ0) is 9.84. The fraction of sp³-hybridized carbons (Fsp3) is 0.625. The molecule has 0 aromatic carbocycles. The highest BCUT2D eigenvalue weighted by Crippen LogP contribution is 2.04. The van der Waals surface area contributed by atoms with Crippen molar-refractivity contribution in [3.05, 3.63) is 0 Å². The van der Waals surface area contributed by atoms with Crippen molar-refractivity contribution in [3.8, 4) is 6.07 Å². The molecule has 1 aliphatic rings. The molecule has 2 atom stereocenters. The first kappa shape index (κ1) is 9.68. The van der Waals surface area contributed by atoms with E-state index < -0.39 is 6.04 Å². The van der Waals surface area contributed by atoms with E-state index in [1.54, 1.807) is 6.92 Å². The largest absolute Gasteiger partial charge is 0.295 e. The van der Waals surface area contributed by atoms with E-state index in [1.807, 2.05) is 6.07 Å². The van der Waals surface area contributed by atoms with Crippen LogP contribution in [0, 0.1) is 11.3 Å². The van der Waals surface area contributed by atoms with Crippen LogP contribution in [0.15, 0.2) is 0 Å². The van der Waals surface area contributed by atoms with Gasteiger partial charge in [-0.1, -0.05) is 0 Å². The van der Waals surface area contributed by atoms with Crippen LogP contribution in [0.4, 0.5) is 0 Å². The Bertz CT molecular complexity index is 269. The summed E-state index contributed by atoms with van der Waals surface area (Å²) in [5, 5.41) is 13.5. The Kier molecular flexibility index (Phi) is 2.98. The Labute approximate surface area is 76.1 Å². The standard InChI is InChI=1S/C8H11N3O2/c1-5(4-9)10-6-2-3-7(12)11-8(6)13/h5-6,10H,2-3H2,1H3,(H,11,12,13). The lowest BCUT2D eigenvalue weighted by Gasteiger charge is -2.22. The SMILES string of the molecule is CC(C#N)NC1CCC(=O)NC1=O. The van der Waals surface area contributed by atoms with Gasteiger partial charge < -0.3 is 0 Å². The molecule has 0 bridgehead atoms. The molecule has 13 heavy (non-hydrogen) atoms. The second-order valence-corrected chi connectivity index (χ2v) is 3.02. The molecule has 1 saturated heterocycles. The summed E-state index contributed by atoms with van der Waals surface area (Å²) in [7, 11) is 0. The first-order valence-corrected chi connectivity index (χ1v) is 4.13. The number of carbonyl (C=O) groups is 2. The first-order chi connectivity index (χ1) is 6.13. The van der Waals surface area contributed by atoms with Crippen molar-refractivity contribution in [1.82, 2.24) is 10.6 Å². The monoisotopic (exact) mass is 181 g/mol. The van der Waals surface area contributed by atoms with E-state index in [2.05, 4.69) is 10.6 Å². The minimum Gasteiger partial charge on any atom is -0.295 e. The van der Waals surface area contributed by atoms with Crippen molar-refractivity contribution in [2.24, 2.45) is 0 Å².